The fourth-order valence-electron chi connectivity index (χ4n) is 5.04. The van der Waals surface area contributed by atoms with E-state index in [0.717, 1.165) is 23.1 Å². The van der Waals surface area contributed by atoms with Crippen molar-refractivity contribution in [3.63, 3.8) is 0 Å². The quantitative estimate of drug-likeness (QED) is 0.647. The van der Waals surface area contributed by atoms with Crippen LogP contribution in [0.25, 0.3) is 11.1 Å². The van der Waals surface area contributed by atoms with Gasteiger partial charge in [0, 0.05) is 19.1 Å². The third-order valence-electron chi connectivity index (χ3n) is 7.13. The van der Waals surface area contributed by atoms with Gasteiger partial charge < -0.3 is 10.6 Å². The zero-order chi connectivity index (χ0) is 22.9. The lowest BCUT2D eigenvalue weighted by molar-refractivity contribution is -0.134. The second-order valence-electron chi connectivity index (χ2n) is 9.18. The van der Waals surface area contributed by atoms with Gasteiger partial charge in [-0.1, -0.05) is 50.2 Å². The van der Waals surface area contributed by atoms with Crippen molar-refractivity contribution in [2.24, 2.45) is 17.1 Å². The van der Waals surface area contributed by atoms with E-state index in [1.54, 1.807) is 17.0 Å². The van der Waals surface area contributed by atoms with E-state index in [1.165, 1.54) is 12.1 Å². The average Bonchev–Trinajstić information content (AvgIpc) is 3.38. The maximum absolute atomic E-state index is 13.3. The van der Waals surface area contributed by atoms with Crippen LogP contribution in [0.2, 0.25) is 0 Å². The molecule has 2 aliphatic rings. The van der Waals surface area contributed by atoms with Gasteiger partial charge in [-0.25, -0.2) is 9.82 Å². The van der Waals surface area contributed by atoms with E-state index >= 15 is 0 Å². The lowest BCUT2D eigenvalue weighted by Gasteiger charge is -2.28. The minimum absolute atomic E-state index is 0.0177. The molecule has 4 atom stereocenters. The molecule has 2 aliphatic heterocycles. The summed E-state index contributed by atoms with van der Waals surface area (Å²) in [6.07, 6.45) is 1.94. The highest BCUT2D eigenvalue weighted by Crippen LogP contribution is 2.36. The Hall–Kier alpha value is -2.77. The van der Waals surface area contributed by atoms with E-state index in [1.807, 2.05) is 24.3 Å². The van der Waals surface area contributed by atoms with Crippen LogP contribution < -0.4 is 16.6 Å². The molecule has 2 heterocycles. The fourth-order valence-corrected chi connectivity index (χ4v) is 5.04. The Morgan fingerprint density at radius 1 is 1.16 bits per heavy atom. The van der Waals surface area contributed by atoms with Crippen molar-refractivity contribution in [2.45, 2.75) is 45.2 Å². The third-order valence-corrected chi connectivity index (χ3v) is 7.13. The Balaban J connectivity index is 1.51. The zero-order valence-electron chi connectivity index (χ0n) is 18.6. The van der Waals surface area contributed by atoms with Crippen LogP contribution >= 0.6 is 0 Å². The van der Waals surface area contributed by atoms with Crippen molar-refractivity contribution in [2.75, 3.05) is 13.1 Å². The van der Waals surface area contributed by atoms with Crippen molar-refractivity contribution >= 4 is 11.8 Å². The number of primary amides is 1. The molecule has 2 fully saturated rings. The van der Waals surface area contributed by atoms with Crippen LogP contribution in [0.15, 0.2) is 48.5 Å². The number of carbonyl (C=O) groups excluding carboxylic acids is 2. The molecule has 4 N–H and O–H groups in total. The minimum Gasteiger partial charge on any atom is -0.369 e. The topological polar surface area (TPSA) is 87.5 Å². The summed E-state index contributed by atoms with van der Waals surface area (Å²) in [6, 6.07) is 14.2. The number of hydrogen-bond donors (Lipinski definition) is 3. The molecular weight excluding hydrogens is 407 g/mol. The minimum atomic E-state index is -0.795. The van der Waals surface area contributed by atoms with Crippen molar-refractivity contribution in [3.05, 3.63) is 59.9 Å². The summed E-state index contributed by atoms with van der Waals surface area (Å²) in [4.78, 5) is 27.6. The van der Waals surface area contributed by atoms with Gasteiger partial charge in [-0.15, -0.1) is 0 Å². The second-order valence-corrected chi connectivity index (χ2v) is 9.18. The molecule has 2 amide bonds. The fraction of sp³-hybridized carbons (Fsp3) is 0.440. The van der Waals surface area contributed by atoms with E-state index in [0.29, 0.717) is 25.9 Å². The molecule has 0 bridgehead atoms. The summed E-state index contributed by atoms with van der Waals surface area (Å²) in [6.45, 7) is 5.00. The number of halogens is 1. The summed E-state index contributed by atoms with van der Waals surface area (Å²) in [7, 11) is 0. The number of benzene rings is 2. The van der Waals surface area contributed by atoms with Crippen LogP contribution in [-0.4, -0.2) is 41.9 Å². The van der Waals surface area contributed by atoms with E-state index < -0.39 is 5.41 Å². The van der Waals surface area contributed by atoms with E-state index in [-0.39, 0.29) is 35.6 Å². The molecule has 170 valence electrons. The Morgan fingerprint density at radius 3 is 2.56 bits per heavy atom. The lowest BCUT2D eigenvalue weighted by Crippen LogP contribution is -2.49. The number of nitrogens with one attached hydrogen (secondary N) is 2. The standard InChI is InChI=1S/C25H31FN4O2/c1-3-21-16(2)22(29-28-21)23(31)30-12-11-25(15-30,24(27)32)14-17-5-4-6-19(13-17)18-7-9-20(26)10-8-18/h4-10,13,16,21-22,28-29H,3,11-12,14-15H2,1-2H3,(H2,27,32). The van der Waals surface area contributed by atoms with Gasteiger partial charge in [0.1, 0.15) is 11.9 Å². The van der Waals surface area contributed by atoms with Gasteiger partial charge in [0.15, 0.2) is 0 Å². The number of rotatable bonds is 6. The predicted octanol–water partition coefficient (Wildman–Crippen LogP) is 2.63. The zero-order valence-corrected chi connectivity index (χ0v) is 18.6. The number of carbonyl (C=O) groups is 2. The van der Waals surface area contributed by atoms with E-state index in [2.05, 4.69) is 24.7 Å². The molecule has 2 aromatic rings. The van der Waals surface area contributed by atoms with Crippen LogP contribution in [0.3, 0.4) is 0 Å². The summed E-state index contributed by atoms with van der Waals surface area (Å²) in [5.74, 6) is -0.468. The maximum atomic E-state index is 13.3. The van der Waals surface area contributed by atoms with E-state index in [9.17, 15) is 14.0 Å². The number of hydrogen-bond acceptors (Lipinski definition) is 4. The molecule has 0 aliphatic carbocycles. The van der Waals surface area contributed by atoms with Gasteiger partial charge in [-0.2, -0.15) is 0 Å². The Bertz CT molecular complexity index is 996. The van der Waals surface area contributed by atoms with E-state index in [4.69, 9.17) is 5.73 Å². The summed E-state index contributed by atoms with van der Waals surface area (Å²) in [5, 5.41) is 0. The smallest absolute Gasteiger partial charge is 0.241 e. The first-order valence-corrected chi connectivity index (χ1v) is 11.3. The molecule has 4 unspecified atom stereocenters. The van der Waals surface area contributed by atoms with Crippen LogP contribution in [0.1, 0.15) is 32.3 Å². The van der Waals surface area contributed by atoms with Gasteiger partial charge >= 0.3 is 0 Å². The first-order valence-electron chi connectivity index (χ1n) is 11.3. The molecule has 0 aromatic heterocycles. The average molecular weight is 439 g/mol. The largest absolute Gasteiger partial charge is 0.369 e. The molecular formula is C25H31FN4O2. The summed E-state index contributed by atoms with van der Waals surface area (Å²) < 4.78 is 13.3. The predicted molar refractivity (Wildman–Crippen MR) is 122 cm³/mol. The van der Waals surface area contributed by atoms with Gasteiger partial charge in [0.2, 0.25) is 11.8 Å². The van der Waals surface area contributed by atoms with Gasteiger partial charge in [0.25, 0.3) is 0 Å². The maximum Gasteiger partial charge on any atom is 0.241 e. The van der Waals surface area contributed by atoms with Crippen molar-refractivity contribution in [1.29, 1.82) is 0 Å². The number of nitrogens with two attached hydrogens (primary N) is 1. The molecule has 7 heteroatoms. The van der Waals surface area contributed by atoms with Gasteiger partial charge in [-0.3, -0.25) is 15.0 Å². The molecule has 0 radical (unpaired) electrons. The Labute approximate surface area is 188 Å². The normalized spacial score (nSPS) is 27.6. The summed E-state index contributed by atoms with van der Waals surface area (Å²) in [5.41, 5.74) is 14.3. The number of nitrogens with zero attached hydrogens (tertiary/aromatic N) is 1. The third kappa shape index (κ3) is 4.27. The van der Waals surface area contributed by atoms with Crippen LogP contribution in [0, 0.1) is 17.2 Å². The number of likely N-dealkylation sites (tertiary alicyclic amines) is 1. The Kier molecular flexibility index (Phi) is 6.31. The first-order chi connectivity index (χ1) is 15.3. The SMILES string of the molecule is CCC1NNC(C(=O)N2CCC(Cc3cccc(-c4ccc(F)cc4)c3)(C(N)=O)C2)C1C. The molecule has 4 rings (SSSR count). The molecule has 6 nitrogen and oxygen atoms in total. The Morgan fingerprint density at radius 2 is 1.91 bits per heavy atom. The first kappa shape index (κ1) is 22.4. The second kappa shape index (κ2) is 9.00. The van der Waals surface area contributed by atoms with Crippen molar-refractivity contribution < 1.29 is 14.0 Å². The van der Waals surface area contributed by atoms with Crippen molar-refractivity contribution in [3.8, 4) is 11.1 Å². The van der Waals surface area contributed by atoms with Crippen LogP contribution in [0.5, 0.6) is 0 Å². The number of hydrazine groups is 1. The molecule has 2 aromatic carbocycles. The molecule has 32 heavy (non-hydrogen) atoms. The highest BCUT2D eigenvalue weighted by Gasteiger charge is 2.47. The highest BCUT2D eigenvalue weighted by atomic mass is 19.1. The molecule has 0 saturated carbocycles. The lowest BCUT2D eigenvalue weighted by atomic mass is 9.79. The molecule has 2 saturated heterocycles. The molecule has 0 spiro atoms. The van der Waals surface area contributed by atoms with Crippen molar-refractivity contribution in [1.82, 2.24) is 15.8 Å². The highest BCUT2D eigenvalue weighted by molar-refractivity contribution is 5.86. The van der Waals surface area contributed by atoms with Crippen LogP contribution in [-0.2, 0) is 16.0 Å². The monoisotopic (exact) mass is 438 g/mol. The van der Waals surface area contributed by atoms with Gasteiger partial charge in [-0.05, 0) is 54.0 Å². The van der Waals surface area contributed by atoms with Crippen LogP contribution in [0.4, 0.5) is 4.39 Å². The summed E-state index contributed by atoms with van der Waals surface area (Å²) >= 11 is 0. The van der Waals surface area contributed by atoms with Gasteiger partial charge in [0.05, 0.1) is 5.41 Å². The number of amides is 2.